The summed E-state index contributed by atoms with van der Waals surface area (Å²) in [6.07, 6.45) is 4.79. The van der Waals surface area contributed by atoms with Gasteiger partial charge in [0.1, 0.15) is 0 Å². The van der Waals surface area contributed by atoms with E-state index in [0.717, 1.165) is 32.1 Å². The van der Waals surface area contributed by atoms with Crippen molar-refractivity contribution in [3.8, 4) is 0 Å². The van der Waals surface area contributed by atoms with Gasteiger partial charge in [0.15, 0.2) is 0 Å². The van der Waals surface area contributed by atoms with Gasteiger partial charge in [-0.05, 0) is 37.5 Å². The number of carbonyl (C=O) groups is 2. The lowest BCUT2D eigenvalue weighted by atomic mass is 9.71. The Balaban J connectivity index is 1.74. The minimum absolute atomic E-state index is 0.0540. The van der Waals surface area contributed by atoms with Crippen LogP contribution in [0.25, 0.3) is 0 Å². The molecule has 2 rings (SSSR count). The van der Waals surface area contributed by atoms with Crippen LogP contribution in [0.3, 0.4) is 0 Å². The molecule has 0 atom stereocenters. The molecule has 2 amide bonds. The van der Waals surface area contributed by atoms with Crippen LogP contribution in [-0.2, 0) is 9.59 Å². The molecular formula is C15H26N2O3. The highest BCUT2D eigenvalue weighted by atomic mass is 16.3. The average molecular weight is 282 g/mol. The fourth-order valence-corrected chi connectivity index (χ4v) is 2.93. The highest BCUT2D eigenvalue weighted by molar-refractivity contribution is 5.85. The van der Waals surface area contributed by atoms with Crippen LogP contribution in [-0.4, -0.2) is 47.1 Å². The van der Waals surface area contributed by atoms with Crippen molar-refractivity contribution < 1.29 is 14.7 Å². The smallest absolute Gasteiger partial charge is 0.239 e. The Labute approximate surface area is 120 Å². The van der Waals surface area contributed by atoms with E-state index in [1.165, 1.54) is 0 Å². The van der Waals surface area contributed by atoms with E-state index >= 15 is 0 Å². The van der Waals surface area contributed by atoms with Gasteiger partial charge in [-0.3, -0.25) is 9.59 Å². The highest BCUT2D eigenvalue weighted by Gasteiger charge is 2.36. The Morgan fingerprint density at radius 1 is 1.30 bits per heavy atom. The summed E-state index contributed by atoms with van der Waals surface area (Å²) in [4.78, 5) is 24.9. The minimum atomic E-state index is -0.778. The van der Waals surface area contributed by atoms with E-state index in [0.29, 0.717) is 19.5 Å². The predicted molar refractivity (Wildman–Crippen MR) is 76.0 cm³/mol. The monoisotopic (exact) mass is 282 g/mol. The van der Waals surface area contributed by atoms with Crippen molar-refractivity contribution in [1.82, 2.24) is 10.2 Å². The minimum Gasteiger partial charge on any atom is -0.388 e. The molecule has 2 N–H and O–H groups in total. The molecule has 1 aliphatic carbocycles. The van der Waals surface area contributed by atoms with Crippen molar-refractivity contribution in [2.75, 3.05) is 19.6 Å². The van der Waals surface area contributed by atoms with Gasteiger partial charge in [-0.15, -0.1) is 0 Å². The average Bonchev–Trinajstić information content (AvgIpc) is 2.77. The summed E-state index contributed by atoms with van der Waals surface area (Å²) in [5, 5.41) is 13.3. The zero-order valence-electron chi connectivity index (χ0n) is 12.6. The Morgan fingerprint density at radius 2 is 1.95 bits per heavy atom. The lowest BCUT2D eigenvalue weighted by Gasteiger charge is -2.40. The molecule has 20 heavy (non-hydrogen) atoms. The molecule has 1 heterocycles. The van der Waals surface area contributed by atoms with E-state index < -0.39 is 5.60 Å². The van der Waals surface area contributed by atoms with E-state index in [1.54, 1.807) is 4.90 Å². The molecule has 0 aromatic rings. The summed E-state index contributed by atoms with van der Waals surface area (Å²) in [6, 6.07) is 0. The molecule has 0 aromatic carbocycles. The first-order chi connectivity index (χ1) is 9.30. The van der Waals surface area contributed by atoms with Gasteiger partial charge in [-0.2, -0.15) is 0 Å². The van der Waals surface area contributed by atoms with Crippen molar-refractivity contribution in [2.45, 2.75) is 58.0 Å². The predicted octanol–water partition coefficient (Wildman–Crippen LogP) is 1.06. The maximum absolute atomic E-state index is 11.8. The fraction of sp³-hybridized carbons (Fsp3) is 0.867. The van der Waals surface area contributed by atoms with Crippen molar-refractivity contribution in [3.63, 3.8) is 0 Å². The molecular weight excluding hydrogens is 256 g/mol. The number of rotatable bonds is 4. The largest absolute Gasteiger partial charge is 0.388 e. The van der Waals surface area contributed by atoms with E-state index in [-0.39, 0.29) is 23.8 Å². The van der Waals surface area contributed by atoms with E-state index in [1.807, 2.05) is 0 Å². The SMILES string of the molecule is CC1(C)CCC(O)(CNC(=O)CN2CCCC2=O)CC1. The maximum Gasteiger partial charge on any atom is 0.239 e. The number of hydrogen-bond acceptors (Lipinski definition) is 3. The fourth-order valence-electron chi connectivity index (χ4n) is 2.93. The number of aliphatic hydroxyl groups is 1. The van der Waals surface area contributed by atoms with Crippen LogP contribution in [0.2, 0.25) is 0 Å². The Kier molecular flexibility index (Phi) is 4.37. The van der Waals surface area contributed by atoms with E-state index in [9.17, 15) is 14.7 Å². The zero-order chi connectivity index (χ0) is 14.8. The molecule has 0 bridgehead atoms. The number of nitrogens with zero attached hydrogens (tertiary/aromatic N) is 1. The lowest BCUT2D eigenvalue weighted by molar-refractivity contribution is -0.133. The van der Waals surface area contributed by atoms with E-state index in [2.05, 4.69) is 19.2 Å². The third-order valence-electron chi connectivity index (χ3n) is 4.65. The molecule has 1 saturated heterocycles. The molecule has 1 saturated carbocycles. The van der Waals surface area contributed by atoms with Crippen LogP contribution in [0.1, 0.15) is 52.4 Å². The number of hydrogen-bond donors (Lipinski definition) is 2. The van der Waals surface area contributed by atoms with Crippen LogP contribution in [0, 0.1) is 5.41 Å². The topological polar surface area (TPSA) is 69.6 Å². The number of amides is 2. The molecule has 2 aliphatic rings. The summed E-state index contributed by atoms with van der Waals surface area (Å²) in [6.45, 7) is 5.52. The van der Waals surface area contributed by atoms with Gasteiger partial charge in [-0.25, -0.2) is 0 Å². The maximum atomic E-state index is 11.8. The van der Waals surface area contributed by atoms with Gasteiger partial charge in [0, 0.05) is 19.5 Å². The second kappa shape index (κ2) is 5.72. The number of nitrogens with one attached hydrogen (secondary N) is 1. The van der Waals surface area contributed by atoms with Crippen LogP contribution in [0.4, 0.5) is 0 Å². The van der Waals surface area contributed by atoms with Crippen molar-refractivity contribution in [1.29, 1.82) is 0 Å². The van der Waals surface area contributed by atoms with Crippen LogP contribution in [0.15, 0.2) is 0 Å². The van der Waals surface area contributed by atoms with Crippen LogP contribution >= 0.6 is 0 Å². The molecule has 0 radical (unpaired) electrons. The van der Waals surface area contributed by atoms with Crippen LogP contribution < -0.4 is 5.32 Å². The van der Waals surface area contributed by atoms with Crippen molar-refractivity contribution in [2.24, 2.45) is 5.41 Å². The first-order valence-corrected chi connectivity index (χ1v) is 7.57. The molecule has 114 valence electrons. The van der Waals surface area contributed by atoms with Gasteiger partial charge in [0.05, 0.1) is 12.1 Å². The van der Waals surface area contributed by atoms with Gasteiger partial charge in [0.2, 0.25) is 11.8 Å². The molecule has 0 spiro atoms. The third-order valence-corrected chi connectivity index (χ3v) is 4.65. The molecule has 5 nitrogen and oxygen atoms in total. The molecule has 1 aliphatic heterocycles. The Bertz CT molecular complexity index is 383. The molecule has 5 heteroatoms. The summed E-state index contributed by atoms with van der Waals surface area (Å²) in [7, 11) is 0. The van der Waals surface area contributed by atoms with Gasteiger partial charge >= 0.3 is 0 Å². The third kappa shape index (κ3) is 3.95. The second-order valence-electron chi connectivity index (χ2n) is 7.08. The Morgan fingerprint density at radius 3 is 2.50 bits per heavy atom. The zero-order valence-corrected chi connectivity index (χ0v) is 12.6. The van der Waals surface area contributed by atoms with E-state index in [4.69, 9.17) is 0 Å². The van der Waals surface area contributed by atoms with Gasteiger partial charge < -0.3 is 15.3 Å². The standard InChI is InChI=1S/C15H26N2O3/c1-14(2)5-7-15(20,8-6-14)11-16-12(18)10-17-9-3-4-13(17)19/h20H,3-11H2,1-2H3,(H,16,18). The first kappa shape index (κ1) is 15.3. The quantitative estimate of drug-likeness (QED) is 0.810. The van der Waals surface area contributed by atoms with Crippen LogP contribution in [0.5, 0.6) is 0 Å². The normalized spacial score (nSPS) is 24.8. The lowest BCUT2D eigenvalue weighted by Crippen LogP contribution is -2.48. The molecule has 0 unspecified atom stereocenters. The highest BCUT2D eigenvalue weighted by Crippen LogP contribution is 2.39. The number of carbonyl (C=O) groups excluding carboxylic acids is 2. The summed E-state index contributed by atoms with van der Waals surface area (Å²) < 4.78 is 0. The summed E-state index contributed by atoms with van der Waals surface area (Å²) in [5.74, 6) is -0.114. The summed E-state index contributed by atoms with van der Waals surface area (Å²) >= 11 is 0. The van der Waals surface area contributed by atoms with Gasteiger partial charge in [0.25, 0.3) is 0 Å². The first-order valence-electron chi connectivity index (χ1n) is 7.57. The Hall–Kier alpha value is -1.10. The van der Waals surface area contributed by atoms with Crippen molar-refractivity contribution >= 4 is 11.8 Å². The second-order valence-corrected chi connectivity index (χ2v) is 7.08. The summed E-state index contributed by atoms with van der Waals surface area (Å²) in [5.41, 5.74) is -0.488. The van der Waals surface area contributed by atoms with Gasteiger partial charge in [-0.1, -0.05) is 13.8 Å². The molecule has 2 fully saturated rings. The van der Waals surface area contributed by atoms with Crippen molar-refractivity contribution in [3.05, 3.63) is 0 Å². The number of likely N-dealkylation sites (tertiary alicyclic amines) is 1. The molecule has 0 aromatic heterocycles.